The van der Waals surface area contributed by atoms with Crippen molar-refractivity contribution < 1.29 is 4.79 Å². The highest BCUT2D eigenvalue weighted by Crippen LogP contribution is 2.20. The number of imidazole rings is 1. The molecule has 8 heteroatoms. The maximum absolute atomic E-state index is 12.2. The van der Waals surface area contributed by atoms with E-state index in [4.69, 9.17) is 5.73 Å². The summed E-state index contributed by atoms with van der Waals surface area (Å²) in [6.45, 7) is 0.988. The van der Waals surface area contributed by atoms with Crippen LogP contribution in [0.15, 0.2) is 11.0 Å². The molecule has 0 fully saturated rings. The van der Waals surface area contributed by atoms with Crippen molar-refractivity contribution in [3.63, 3.8) is 0 Å². The summed E-state index contributed by atoms with van der Waals surface area (Å²) in [6, 6.07) is 0. The third-order valence-electron chi connectivity index (χ3n) is 2.90. The van der Waals surface area contributed by atoms with E-state index in [1.54, 1.807) is 4.90 Å². The molecule has 0 spiro atoms. The van der Waals surface area contributed by atoms with Crippen LogP contribution in [0.1, 0.15) is 21.1 Å². The minimum Gasteiger partial charge on any atom is -0.375 e. The topological polar surface area (TPSA) is 108 Å². The van der Waals surface area contributed by atoms with Crippen LogP contribution in [0.4, 0.5) is 5.13 Å². The molecule has 0 radical (unpaired) electrons. The van der Waals surface area contributed by atoms with Crippen LogP contribution in [0.5, 0.6) is 0 Å². The summed E-state index contributed by atoms with van der Waals surface area (Å²) in [6.07, 6.45) is 2.13. The summed E-state index contributed by atoms with van der Waals surface area (Å²) < 4.78 is 0. The molecule has 4 N–H and O–H groups in total. The molecule has 3 heterocycles. The second-order valence-corrected chi connectivity index (χ2v) is 5.14. The van der Waals surface area contributed by atoms with E-state index in [2.05, 4.69) is 15.0 Å². The second-order valence-electron chi connectivity index (χ2n) is 4.08. The number of fused-ring (bicyclic) bond motifs is 1. The van der Waals surface area contributed by atoms with Crippen LogP contribution in [0.2, 0.25) is 0 Å². The average molecular weight is 265 g/mol. The van der Waals surface area contributed by atoms with Gasteiger partial charge in [-0.1, -0.05) is 11.3 Å². The first-order valence-corrected chi connectivity index (χ1v) is 6.26. The van der Waals surface area contributed by atoms with Gasteiger partial charge in [-0.25, -0.2) is 9.78 Å². The molecule has 0 aliphatic carbocycles. The van der Waals surface area contributed by atoms with Crippen molar-refractivity contribution >= 4 is 22.4 Å². The Morgan fingerprint density at radius 3 is 2.94 bits per heavy atom. The highest BCUT2D eigenvalue weighted by atomic mass is 32.1. The summed E-state index contributed by atoms with van der Waals surface area (Å²) in [5.41, 5.74) is 6.94. The molecule has 1 aliphatic rings. The zero-order valence-electron chi connectivity index (χ0n) is 9.40. The number of aromatic amines is 2. The van der Waals surface area contributed by atoms with E-state index in [1.165, 1.54) is 17.5 Å². The zero-order chi connectivity index (χ0) is 12.7. The molecule has 18 heavy (non-hydrogen) atoms. The van der Waals surface area contributed by atoms with E-state index in [-0.39, 0.29) is 11.6 Å². The van der Waals surface area contributed by atoms with Crippen LogP contribution < -0.4 is 11.4 Å². The third-order valence-corrected chi connectivity index (χ3v) is 3.71. The summed E-state index contributed by atoms with van der Waals surface area (Å²) in [7, 11) is 0. The first-order valence-electron chi connectivity index (χ1n) is 5.44. The van der Waals surface area contributed by atoms with Gasteiger partial charge in [-0.05, 0) is 0 Å². The van der Waals surface area contributed by atoms with Gasteiger partial charge in [0.15, 0.2) is 5.13 Å². The second kappa shape index (κ2) is 3.98. The van der Waals surface area contributed by atoms with Gasteiger partial charge < -0.3 is 20.6 Å². The number of nitrogens with one attached hydrogen (secondary N) is 2. The highest BCUT2D eigenvalue weighted by Gasteiger charge is 2.24. The standard InChI is InChI=1S/C10H11N5O2S/c11-9-12-3-7(18-9)8(16)15-2-1-5-6(4-15)14-10(17)13-5/h3H,1-2,4H2,(H2,11,12)(H2,13,14,17). The number of nitrogens with two attached hydrogens (primary N) is 1. The number of hydrogen-bond donors (Lipinski definition) is 3. The molecule has 3 rings (SSSR count). The van der Waals surface area contributed by atoms with Crippen molar-refractivity contribution in [3.05, 3.63) is 32.9 Å². The molecule has 0 bridgehead atoms. The Balaban J connectivity index is 1.83. The summed E-state index contributed by atoms with van der Waals surface area (Å²) in [4.78, 5) is 34.8. The number of H-pyrrole nitrogens is 2. The fraction of sp³-hybridized carbons (Fsp3) is 0.300. The van der Waals surface area contributed by atoms with Gasteiger partial charge >= 0.3 is 5.69 Å². The van der Waals surface area contributed by atoms with Crippen molar-refractivity contribution in [3.8, 4) is 0 Å². The maximum Gasteiger partial charge on any atom is 0.323 e. The maximum atomic E-state index is 12.2. The van der Waals surface area contributed by atoms with Gasteiger partial charge in [-0.3, -0.25) is 4.79 Å². The van der Waals surface area contributed by atoms with Crippen LogP contribution in [0, 0.1) is 0 Å². The average Bonchev–Trinajstić information content (AvgIpc) is 2.92. The van der Waals surface area contributed by atoms with Crippen molar-refractivity contribution in [2.75, 3.05) is 12.3 Å². The Labute approximate surface area is 106 Å². The molecule has 0 atom stereocenters. The van der Waals surface area contributed by atoms with Gasteiger partial charge in [0, 0.05) is 18.7 Å². The Morgan fingerprint density at radius 2 is 2.22 bits per heavy atom. The molecular weight excluding hydrogens is 254 g/mol. The summed E-state index contributed by atoms with van der Waals surface area (Å²) >= 11 is 1.17. The zero-order valence-corrected chi connectivity index (χ0v) is 10.2. The molecule has 0 unspecified atom stereocenters. The Hall–Kier alpha value is -2.09. The highest BCUT2D eigenvalue weighted by molar-refractivity contribution is 7.17. The number of carbonyl (C=O) groups excluding carboxylic acids is 1. The normalized spacial score (nSPS) is 14.6. The predicted octanol–water partition coefficient (Wildman–Crippen LogP) is -0.0598. The number of rotatable bonds is 1. The van der Waals surface area contributed by atoms with E-state index in [9.17, 15) is 9.59 Å². The molecule has 0 aromatic carbocycles. The fourth-order valence-corrected chi connectivity index (χ4v) is 2.69. The minimum atomic E-state index is -0.226. The van der Waals surface area contributed by atoms with E-state index < -0.39 is 0 Å². The molecule has 1 aliphatic heterocycles. The van der Waals surface area contributed by atoms with Crippen molar-refractivity contribution in [2.45, 2.75) is 13.0 Å². The number of hydrogen-bond acceptors (Lipinski definition) is 5. The molecular formula is C10H11N5O2S. The van der Waals surface area contributed by atoms with Gasteiger partial charge in [0.1, 0.15) is 4.88 Å². The van der Waals surface area contributed by atoms with E-state index in [0.717, 1.165) is 11.4 Å². The predicted molar refractivity (Wildman–Crippen MR) is 66.4 cm³/mol. The van der Waals surface area contributed by atoms with Gasteiger partial charge in [0.25, 0.3) is 5.91 Å². The van der Waals surface area contributed by atoms with Crippen LogP contribution >= 0.6 is 11.3 Å². The van der Waals surface area contributed by atoms with Crippen molar-refractivity contribution in [1.82, 2.24) is 19.9 Å². The van der Waals surface area contributed by atoms with E-state index in [1.807, 2.05) is 0 Å². The smallest absolute Gasteiger partial charge is 0.323 e. The number of nitrogen functional groups attached to an aromatic ring is 1. The number of amides is 1. The quantitative estimate of drug-likeness (QED) is 0.671. The van der Waals surface area contributed by atoms with Gasteiger partial charge in [0.05, 0.1) is 18.4 Å². The third kappa shape index (κ3) is 1.80. The molecule has 2 aromatic heterocycles. The lowest BCUT2D eigenvalue weighted by Crippen LogP contribution is -2.35. The lowest BCUT2D eigenvalue weighted by molar-refractivity contribution is 0.0736. The largest absolute Gasteiger partial charge is 0.375 e. The molecule has 94 valence electrons. The van der Waals surface area contributed by atoms with Crippen molar-refractivity contribution in [2.24, 2.45) is 0 Å². The number of thiazole rings is 1. The Kier molecular flexibility index (Phi) is 2.44. The lowest BCUT2D eigenvalue weighted by atomic mass is 10.1. The van der Waals surface area contributed by atoms with Crippen LogP contribution in [0.3, 0.4) is 0 Å². The number of carbonyl (C=O) groups is 1. The van der Waals surface area contributed by atoms with Crippen LogP contribution in [-0.2, 0) is 13.0 Å². The van der Waals surface area contributed by atoms with Crippen molar-refractivity contribution in [1.29, 1.82) is 0 Å². The minimum absolute atomic E-state index is 0.100. The Morgan fingerprint density at radius 1 is 1.44 bits per heavy atom. The van der Waals surface area contributed by atoms with Gasteiger partial charge in [0.2, 0.25) is 0 Å². The number of aromatic nitrogens is 3. The van der Waals surface area contributed by atoms with E-state index >= 15 is 0 Å². The van der Waals surface area contributed by atoms with E-state index in [0.29, 0.717) is 29.5 Å². The number of nitrogens with zero attached hydrogens (tertiary/aromatic N) is 2. The fourth-order valence-electron chi connectivity index (χ4n) is 2.04. The molecule has 2 aromatic rings. The Bertz CT molecular complexity index is 655. The SMILES string of the molecule is Nc1ncc(C(=O)N2CCc3[nH]c(=O)[nH]c3C2)s1. The van der Waals surface area contributed by atoms with Crippen LogP contribution in [0.25, 0.3) is 0 Å². The first-order chi connectivity index (χ1) is 8.63. The lowest BCUT2D eigenvalue weighted by Gasteiger charge is -2.25. The van der Waals surface area contributed by atoms with Crippen LogP contribution in [-0.4, -0.2) is 32.3 Å². The molecule has 1 amide bonds. The first kappa shape index (κ1) is 11.0. The summed E-state index contributed by atoms with van der Waals surface area (Å²) in [5.74, 6) is -0.100. The van der Waals surface area contributed by atoms with Gasteiger partial charge in [-0.2, -0.15) is 0 Å². The molecule has 7 nitrogen and oxygen atoms in total. The summed E-state index contributed by atoms with van der Waals surface area (Å²) in [5, 5.41) is 0.381. The molecule has 0 saturated heterocycles. The monoisotopic (exact) mass is 265 g/mol. The number of anilines is 1. The van der Waals surface area contributed by atoms with Gasteiger partial charge in [-0.15, -0.1) is 0 Å². The molecule has 0 saturated carbocycles.